The normalized spacial score (nSPS) is 11.6. The fraction of sp³-hybridized carbons (Fsp3) is 0.296. The summed E-state index contributed by atoms with van der Waals surface area (Å²) in [6, 6.07) is 9.80. The average Bonchev–Trinajstić information content (AvgIpc) is 3.36. The van der Waals surface area contributed by atoms with Crippen molar-refractivity contribution >= 4 is 29.8 Å². The molecule has 3 aromatic rings. The molecule has 0 spiro atoms. The number of rotatable bonds is 13. The second-order valence-electron chi connectivity index (χ2n) is 8.23. The lowest BCUT2D eigenvalue weighted by molar-refractivity contribution is -0.153. The first-order chi connectivity index (χ1) is 19.1. The van der Waals surface area contributed by atoms with Gasteiger partial charge in [-0.1, -0.05) is 0 Å². The molecule has 10 nitrogen and oxygen atoms in total. The van der Waals surface area contributed by atoms with Crippen LogP contribution in [0.25, 0.3) is 5.76 Å². The highest BCUT2D eigenvalue weighted by Gasteiger charge is 2.30. The molecule has 13 heteroatoms. The van der Waals surface area contributed by atoms with Crippen molar-refractivity contribution < 1.29 is 36.9 Å². The van der Waals surface area contributed by atoms with Crippen molar-refractivity contribution in [1.29, 1.82) is 0 Å². The Bertz CT molecular complexity index is 1350. The highest BCUT2D eigenvalue weighted by molar-refractivity contribution is 6.04. The minimum absolute atomic E-state index is 0.269. The van der Waals surface area contributed by atoms with E-state index in [1.165, 1.54) is 25.1 Å². The zero-order chi connectivity index (χ0) is 29.3. The highest BCUT2D eigenvalue weighted by Crippen LogP contribution is 2.38. The maximum absolute atomic E-state index is 12.9. The Morgan fingerprint density at radius 2 is 1.80 bits per heavy atom. The van der Waals surface area contributed by atoms with Crippen LogP contribution in [0.1, 0.15) is 23.0 Å². The first-order valence-corrected chi connectivity index (χ1v) is 12.0. The van der Waals surface area contributed by atoms with Gasteiger partial charge in [0.05, 0.1) is 32.6 Å². The quantitative estimate of drug-likeness (QED) is 0.221. The van der Waals surface area contributed by atoms with Crippen molar-refractivity contribution in [3.8, 4) is 23.0 Å². The third-order valence-corrected chi connectivity index (χ3v) is 5.47. The Kier molecular flexibility index (Phi) is 10.1. The van der Waals surface area contributed by atoms with Gasteiger partial charge >= 0.3 is 6.18 Å². The van der Waals surface area contributed by atoms with E-state index in [2.05, 4.69) is 27.4 Å². The number of halogens is 3. The number of nitrogens with zero attached hydrogens (tertiary/aromatic N) is 3. The van der Waals surface area contributed by atoms with Gasteiger partial charge in [0.25, 0.3) is 5.91 Å². The second-order valence-corrected chi connectivity index (χ2v) is 8.23. The van der Waals surface area contributed by atoms with Crippen LogP contribution in [0.3, 0.4) is 0 Å². The molecular weight excluding hydrogens is 531 g/mol. The number of aliphatic imine (C=N–C) groups is 1. The van der Waals surface area contributed by atoms with Crippen molar-refractivity contribution in [3.05, 3.63) is 59.9 Å². The van der Waals surface area contributed by atoms with E-state index in [4.69, 9.17) is 18.9 Å². The summed E-state index contributed by atoms with van der Waals surface area (Å²) in [4.78, 5) is 16.9. The first-order valence-electron chi connectivity index (χ1n) is 12.0. The van der Waals surface area contributed by atoms with Crippen molar-refractivity contribution in [2.75, 3.05) is 39.7 Å². The zero-order valence-corrected chi connectivity index (χ0v) is 22.5. The van der Waals surface area contributed by atoms with Gasteiger partial charge in [0.2, 0.25) is 0 Å². The van der Waals surface area contributed by atoms with Gasteiger partial charge in [-0.3, -0.25) is 14.5 Å². The summed E-state index contributed by atoms with van der Waals surface area (Å²) < 4.78 is 61.1. The fourth-order valence-electron chi connectivity index (χ4n) is 3.56. The van der Waals surface area contributed by atoms with Crippen molar-refractivity contribution in [3.63, 3.8) is 0 Å². The van der Waals surface area contributed by atoms with Gasteiger partial charge in [0.1, 0.15) is 11.5 Å². The summed E-state index contributed by atoms with van der Waals surface area (Å²) in [6.45, 7) is 4.68. The lowest BCUT2D eigenvalue weighted by atomic mass is 10.1. The van der Waals surface area contributed by atoms with E-state index in [0.717, 1.165) is 0 Å². The van der Waals surface area contributed by atoms with Gasteiger partial charge in [-0.25, -0.2) is 0 Å². The molecule has 0 aliphatic heterocycles. The Labute approximate surface area is 229 Å². The number of carbonyl (C=O) groups is 1. The van der Waals surface area contributed by atoms with Crippen LogP contribution < -0.4 is 29.6 Å². The Hall–Kier alpha value is -4.52. The fourth-order valence-corrected chi connectivity index (χ4v) is 3.56. The molecule has 1 aromatic heterocycles. The number of likely N-dealkylation sites (N-methyl/N-ethyl adjacent to an activating group) is 1. The van der Waals surface area contributed by atoms with Crippen molar-refractivity contribution in [2.45, 2.75) is 19.6 Å². The maximum Gasteiger partial charge on any atom is 0.422 e. The minimum Gasteiger partial charge on any atom is -0.493 e. The Balaban J connectivity index is 1.77. The number of benzene rings is 2. The number of allylic oxidation sites excluding steroid dienone is 1. The van der Waals surface area contributed by atoms with Crippen molar-refractivity contribution in [2.24, 2.45) is 4.99 Å². The number of ether oxygens (including phenoxy) is 4. The van der Waals surface area contributed by atoms with Crippen LogP contribution in [-0.4, -0.2) is 63.0 Å². The third-order valence-electron chi connectivity index (χ3n) is 5.47. The van der Waals surface area contributed by atoms with Crippen LogP contribution in [-0.2, 0) is 6.54 Å². The zero-order valence-electron chi connectivity index (χ0n) is 22.5. The molecule has 0 fully saturated rings. The molecule has 0 aliphatic carbocycles. The summed E-state index contributed by atoms with van der Waals surface area (Å²) in [5, 5.41) is 9.62. The minimum atomic E-state index is -4.57. The molecule has 2 aromatic carbocycles. The number of hydrogen-bond donors (Lipinski definition) is 2. The Morgan fingerprint density at radius 1 is 1.12 bits per heavy atom. The SMILES string of the molecule is C=Nc1cc(OC)c(OC)cc1/C(=C\C)Oc1ccc(NC(=O)c2nn(CCNC)cc2OCC(F)(F)F)cc1. The molecule has 214 valence electrons. The summed E-state index contributed by atoms with van der Waals surface area (Å²) in [5.74, 6) is 0.890. The average molecular weight is 562 g/mol. The van der Waals surface area contributed by atoms with Gasteiger partial charge < -0.3 is 29.6 Å². The van der Waals surface area contributed by atoms with E-state index in [1.54, 1.807) is 56.4 Å². The standard InChI is InChI=1S/C27H30F3N5O5/c1-6-21(19-13-22(37-4)23(38-5)14-20(19)32-3)40-18-9-7-17(8-10-18)33-26(36)25-24(39-16-27(28,29)30)15-35(34-25)12-11-31-2/h6-10,13-15,31H,3,11-12,16H2,1-2,4-5H3,(H,33,36)/b21-6+. The molecule has 2 N–H and O–H groups in total. The lowest BCUT2D eigenvalue weighted by Gasteiger charge is -2.16. The monoisotopic (exact) mass is 561 g/mol. The van der Waals surface area contributed by atoms with Crippen LogP contribution >= 0.6 is 0 Å². The van der Waals surface area contributed by atoms with E-state index in [-0.39, 0.29) is 11.4 Å². The molecule has 0 atom stereocenters. The molecule has 1 heterocycles. The molecule has 0 bridgehead atoms. The van der Waals surface area contributed by atoms with Gasteiger partial charge in [0, 0.05) is 23.9 Å². The number of anilines is 1. The summed E-state index contributed by atoms with van der Waals surface area (Å²) in [5.41, 5.74) is 1.24. The molecule has 40 heavy (non-hydrogen) atoms. The number of hydrogen-bond acceptors (Lipinski definition) is 8. The number of alkyl halides is 3. The van der Waals surface area contributed by atoms with E-state index in [9.17, 15) is 18.0 Å². The number of amides is 1. The van der Waals surface area contributed by atoms with E-state index < -0.39 is 18.7 Å². The van der Waals surface area contributed by atoms with Crippen molar-refractivity contribution in [1.82, 2.24) is 15.1 Å². The Morgan fingerprint density at radius 3 is 2.38 bits per heavy atom. The first kappa shape index (κ1) is 30.0. The third kappa shape index (κ3) is 7.76. The number of aromatic nitrogens is 2. The van der Waals surface area contributed by atoms with Crippen LogP contribution in [0.15, 0.2) is 53.7 Å². The topological polar surface area (TPSA) is 108 Å². The number of carbonyl (C=O) groups excluding carboxylic acids is 1. The molecule has 0 saturated carbocycles. The summed E-state index contributed by atoms with van der Waals surface area (Å²) in [7, 11) is 4.75. The lowest BCUT2D eigenvalue weighted by Crippen LogP contribution is -2.21. The van der Waals surface area contributed by atoms with Gasteiger partial charge in [-0.05, 0) is 57.1 Å². The molecule has 1 amide bonds. The molecule has 3 rings (SSSR count). The molecule has 0 aliphatic rings. The maximum atomic E-state index is 12.9. The highest BCUT2D eigenvalue weighted by atomic mass is 19.4. The van der Waals surface area contributed by atoms with E-state index in [1.807, 2.05) is 0 Å². The molecule has 0 unspecified atom stereocenters. The predicted octanol–water partition coefficient (Wildman–Crippen LogP) is 5.09. The summed E-state index contributed by atoms with van der Waals surface area (Å²) >= 11 is 0. The van der Waals surface area contributed by atoms with Crippen LogP contribution in [0.2, 0.25) is 0 Å². The van der Waals surface area contributed by atoms with E-state index >= 15 is 0 Å². The van der Waals surface area contributed by atoms with Gasteiger partial charge in [-0.2, -0.15) is 18.3 Å². The second kappa shape index (κ2) is 13.5. The van der Waals surface area contributed by atoms with Gasteiger partial charge in [0.15, 0.2) is 29.5 Å². The largest absolute Gasteiger partial charge is 0.493 e. The molecular formula is C27H30F3N5O5. The number of nitrogens with one attached hydrogen (secondary N) is 2. The van der Waals surface area contributed by atoms with Crippen LogP contribution in [0, 0.1) is 0 Å². The summed E-state index contributed by atoms with van der Waals surface area (Å²) in [6.07, 6.45) is -1.56. The van der Waals surface area contributed by atoms with Crippen LogP contribution in [0.4, 0.5) is 24.5 Å². The predicted molar refractivity (Wildman–Crippen MR) is 145 cm³/mol. The molecule has 0 radical (unpaired) electrons. The smallest absolute Gasteiger partial charge is 0.422 e. The van der Waals surface area contributed by atoms with Gasteiger partial charge in [-0.15, -0.1) is 0 Å². The van der Waals surface area contributed by atoms with E-state index in [0.29, 0.717) is 53.0 Å². The number of methoxy groups -OCH3 is 2. The van der Waals surface area contributed by atoms with Crippen LogP contribution in [0.5, 0.6) is 23.0 Å². The molecule has 0 saturated heterocycles.